The van der Waals surface area contributed by atoms with Crippen molar-refractivity contribution in [2.75, 3.05) is 0 Å². The maximum Gasteiger partial charge on any atom is 0.0251 e. The molecule has 16 heavy (non-hydrogen) atoms. The van der Waals surface area contributed by atoms with Crippen LogP contribution in [0.2, 0.25) is 0 Å². The number of rotatable bonds is 6. The highest BCUT2D eigenvalue weighted by molar-refractivity contribution is 5.22. The number of nitrogens with one attached hydrogen (secondary N) is 1. The fourth-order valence-electron chi connectivity index (χ4n) is 2.21. The van der Waals surface area contributed by atoms with Crippen LogP contribution in [-0.2, 0) is 6.42 Å². The Balaban J connectivity index is 1.84. The number of nitrogens with two attached hydrogens (primary N) is 1. The summed E-state index contributed by atoms with van der Waals surface area (Å²) in [4.78, 5) is 0. The molecule has 0 saturated heterocycles. The predicted octanol–water partition coefficient (Wildman–Crippen LogP) is 2.56. The molecule has 1 aliphatic carbocycles. The lowest BCUT2D eigenvalue weighted by atomic mass is 10.00. The molecule has 2 rings (SSSR count). The van der Waals surface area contributed by atoms with Crippen molar-refractivity contribution in [3.63, 3.8) is 0 Å². The van der Waals surface area contributed by atoms with E-state index in [1.54, 1.807) is 0 Å². The Morgan fingerprint density at radius 2 is 2.25 bits per heavy atom. The van der Waals surface area contributed by atoms with Crippen LogP contribution in [0.1, 0.15) is 36.8 Å². The van der Waals surface area contributed by atoms with Gasteiger partial charge >= 0.3 is 0 Å². The van der Waals surface area contributed by atoms with E-state index in [2.05, 4.69) is 36.6 Å². The lowest BCUT2D eigenvalue weighted by Gasteiger charge is -2.15. The van der Waals surface area contributed by atoms with Gasteiger partial charge in [-0.05, 0) is 37.7 Å². The zero-order chi connectivity index (χ0) is 11.4. The Kier molecular flexibility index (Phi) is 3.97. The van der Waals surface area contributed by atoms with Gasteiger partial charge in [0.25, 0.3) is 0 Å². The molecule has 0 aliphatic heterocycles. The Labute approximate surface area is 98.2 Å². The van der Waals surface area contributed by atoms with Crippen LogP contribution in [0.3, 0.4) is 0 Å². The molecule has 2 heteroatoms. The van der Waals surface area contributed by atoms with E-state index in [1.807, 2.05) is 0 Å². The third kappa shape index (κ3) is 3.62. The van der Waals surface area contributed by atoms with Crippen LogP contribution in [0, 0.1) is 12.8 Å². The molecule has 0 heterocycles. The van der Waals surface area contributed by atoms with Gasteiger partial charge in [0, 0.05) is 6.04 Å². The topological polar surface area (TPSA) is 38.0 Å². The summed E-state index contributed by atoms with van der Waals surface area (Å²) < 4.78 is 0. The number of hydrogen-bond acceptors (Lipinski definition) is 2. The van der Waals surface area contributed by atoms with Crippen LogP contribution < -0.4 is 11.3 Å². The molecule has 88 valence electrons. The van der Waals surface area contributed by atoms with Gasteiger partial charge < -0.3 is 0 Å². The molecule has 1 aromatic carbocycles. The average molecular weight is 218 g/mol. The lowest BCUT2D eigenvalue weighted by molar-refractivity contribution is 0.462. The van der Waals surface area contributed by atoms with Crippen molar-refractivity contribution in [2.45, 2.75) is 45.1 Å². The van der Waals surface area contributed by atoms with E-state index in [4.69, 9.17) is 5.84 Å². The second kappa shape index (κ2) is 5.46. The standard InChI is InChI=1S/C14H22N2/c1-11-3-2-4-13(9-11)10-14(16-15)8-7-12-5-6-12/h2-4,9,12,14,16H,5-8,10,15H2,1H3. The summed E-state index contributed by atoms with van der Waals surface area (Å²) in [6.45, 7) is 2.14. The molecule has 1 fully saturated rings. The lowest BCUT2D eigenvalue weighted by Crippen LogP contribution is -2.36. The van der Waals surface area contributed by atoms with Crippen molar-refractivity contribution in [3.05, 3.63) is 35.4 Å². The van der Waals surface area contributed by atoms with E-state index in [9.17, 15) is 0 Å². The van der Waals surface area contributed by atoms with Crippen molar-refractivity contribution < 1.29 is 0 Å². The highest BCUT2D eigenvalue weighted by Crippen LogP contribution is 2.34. The maximum absolute atomic E-state index is 5.62. The summed E-state index contributed by atoms with van der Waals surface area (Å²) in [5, 5.41) is 0. The van der Waals surface area contributed by atoms with Gasteiger partial charge in [-0.1, -0.05) is 42.7 Å². The van der Waals surface area contributed by atoms with E-state index < -0.39 is 0 Å². The Hall–Kier alpha value is -0.860. The fraction of sp³-hybridized carbons (Fsp3) is 0.571. The van der Waals surface area contributed by atoms with Crippen LogP contribution in [0.4, 0.5) is 0 Å². The molecule has 0 radical (unpaired) electrons. The molecule has 2 nitrogen and oxygen atoms in total. The molecular weight excluding hydrogens is 196 g/mol. The van der Waals surface area contributed by atoms with Crippen molar-refractivity contribution in [1.29, 1.82) is 0 Å². The van der Waals surface area contributed by atoms with E-state index >= 15 is 0 Å². The Morgan fingerprint density at radius 3 is 2.88 bits per heavy atom. The van der Waals surface area contributed by atoms with Crippen LogP contribution in [0.15, 0.2) is 24.3 Å². The van der Waals surface area contributed by atoms with Gasteiger partial charge in [-0.25, -0.2) is 0 Å². The van der Waals surface area contributed by atoms with Gasteiger partial charge in [0.1, 0.15) is 0 Å². The normalized spacial score (nSPS) is 17.4. The third-order valence-electron chi connectivity index (χ3n) is 3.42. The minimum Gasteiger partial charge on any atom is -0.271 e. The first-order chi connectivity index (χ1) is 7.78. The van der Waals surface area contributed by atoms with Crippen molar-refractivity contribution in [1.82, 2.24) is 5.43 Å². The van der Waals surface area contributed by atoms with Gasteiger partial charge in [0.05, 0.1) is 0 Å². The molecule has 1 aromatic rings. The van der Waals surface area contributed by atoms with E-state index in [0.29, 0.717) is 6.04 Å². The van der Waals surface area contributed by atoms with Crippen LogP contribution in [0.25, 0.3) is 0 Å². The molecule has 0 bridgehead atoms. The largest absolute Gasteiger partial charge is 0.271 e. The van der Waals surface area contributed by atoms with Gasteiger partial charge in [-0.15, -0.1) is 0 Å². The summed E-state index contributed by atoms with van der Waals surface area (Å²) in [5.41, 5.74) is 5.67. The summed E-state index contributed by atoms with van der Waals surface area (Å²) in [6, 6.07) is 9.13. The van der Waals surface area contributed by atoms with Gasteiger partial charge in [0.2, 0.25) is 0 Å². The van der Waals surface area contributed by atoms with E-state index in [0.717, 1.165) is 12.3 Å². The van der Waals surface area contributed by atoms with Crippen molar-refractivity contribution in [2.24, 2.45) is 11.8 Å². The molecule has 1 saturated carbocycles. The molecule has 0 aromatic heterocycles. The number of benzene rings is 1. The molecule has 0 amide bonds. The quantitative estimate of drug-likeness (QED) is 0.569. The molecule has 1 unspecified atom stereocenters. The number of hydrogen-bond donors (Lipinski definition) is 2. The first-order valence-corrected chi connectivity index (χ1v) is 6.29. The van der Waals surface area contributed by atoms with E-state index in [1.165, 1.54) is 36.8 Å². The zero-order valence-electron chi connectivity index (χ0n) is 10.1. The predicted molar refractivity (Wildman–Crippen MR) is 68.0 cm³/mol. The fourth-order valence-corrected chi connectivity index (χ4v) is 2.21. The Morgan fingerprint density at radius 1 is 1.44 bits per heavy atom. The van der Waals surface area contributed by atoms with Gasteiger partial charge in [0.15, 0.2) is 0 Å². The summed E-state index contributed by atoms with van der Waals surface area (Å²) in [5.74, 6) is 6.61. The minimum absolute atomic E-state index is 0.433. The average Bonchev–Trinajstić information content (AvgIpc) is 3.08. The maximum atomic E-state index is 5.62. The summed E-state index contributed by atoms with van der Waals surface area (Å²) >= 11 is 0. The van der Waals surface area contributed by atoms with Gasteiger partial charge in [-0.3, -0.25) is 11.3 Å². The van der Waals surface area contributed by atoms with Crippen LogP contribution in [-0.4, -0.2) is 6.04 Å². The molecular formula is C14H22N2. The SMILES string of the molecule is Cc1cccc(CC(CCC2CC2)NN)c1. The number of aryl methyl sites for hydroxylation is 1. The highest BCUT2D eigenvalue weighted by atomic mass is 15.2. The Bertz CT molecular complexity index is 331. The van der Waals surface area contributed by atoms with Crippen molar-refractivity contribution in [3.8, 4) is 0 Å². The molecule has 1 atom stereocenters. The summed E-state index contributed by atoms with van der Waals surface area (Å²) in [7, 11) is 0. The minimum atomic E-state index is 0.433. The second-order valence-corrected chi connectivity index (χ2v) is 5.08. The zero-order valence-corrected chi connectivity index (χ0v) is 10.1. The highest BCUT2D eigenvalue weighted by Gasteiger charge is 2.22. The monoisotopic (exact) mass is 218 g/mol. The van der Waals surface area contributed by atoms with E-state index in [-0.39, 0.29) is 0 Å². The first-order valence-electron chi connectivity index (χ1n) is 6.29. The van der Waals surface area contributed by atoms with Crippen molar-refractivity contribution >= 4 is 0 Å². The molecule has 3 N–H and O–H groups in total. The number of hydrazine groups is 1. The first kappa shape index (κ1) is 11.6. The van der Waals surface area contributed by atoms with Crippen LogP contribution >= 0.6 is 0 Å². The third-order valence-corrected chi connectivity index (χ3v) is 3.42. The molecule has 1 aliphatic rings. The summed E-state index contributed by atoms with van der Waals surface area (Å²) in [6.07, 6.45) is 6.45. The molecule has 0 spiro atoms. The van der Waals surface area contributed by atoms with Gasteiger partial charge in [-0.2, -0.15) is 0 Å². The van der Waals surface area contributed by atoms with Crippen LogP contribution in [0.5, 0.6) is 0 Å². The second-order valence-electron chi connectivity index (χ2n) is 5.08. The smallest absolute Gasteiger partial charge is 0.0251 e.